The highest BCUT2D eigenvalue weighted by molar-refractivity contribution is 7.26. The van der Waals surface area contributed by atoms with Crippen LogP contribution in [0.4, 0.5) is 0 Å². The van der Waals surface area contributed by atoms with Gasteiger partial charge in [0.2, 0.25) is 0 Å². The molecule has 0 aliphatic heterocycles. The Morgan fingerprint density at radius 3 is 1.95 bits per heavy atom. The van der Waals surface area contributed by atoms with Gasteiger partial charge in [0.05, 0.1) is 16.7 Å². The van der Waals surface area contributed by atoms with Gasteiger partial charge in [-0.15, -0.1) is 11.3 Å². The van der Waals surface area contributed by atoms with Crippen molar-refractivity contribution >= 4 is 74.9 Å². The number of hydrogen-bond acceptors (Lipinski definition) is 4. The molecule has 190 valence electrons. The largest absolute Gasteiger partial charge is 0.244 e. The van der Waals surface area contributed by atoms with E-state index in [2.05, 4.69) is 115 Å². The van der Waals surface area contributed by atoms with Crippen molar-refractivity contribution in [1.82, 2.24) is 15.0 Å². The van der Waals surface area contributed by atoms with Gasteiger partial charge in [0.15, 0.2) is 5.82 Å². The number of rotatable bonds is 2. The second-order valence-corrected chi connectivity index (χ2v) is 11.4. The van der Waals surface area contributed by atoms with Crippen LogP contribution in [-0.4, -0.2) is 15.0 Å². The fourth-order valence-corrected chi connectivity index (χ4v) is 7.46. The highest BCUT2D eigenvalue weighted by Gasteiger charge is 2.20. The predicted molar refractivity (Wildman–Crippen MR) is 174 cm³/mol. The normalized spacial score (nSPS) is 11.9. The summed E-state index contributed by atoms with van der Waals surface area (Å²) in [6.45, 7) is 0. The molecule has 0 spiro atoms. The van der Waals surface area contributed by atoms with Crippen LogP contribution in [0.15, 0.2) is 127 Å². The number of hydrogen-bond donors (Lipinski definition) is 0. The number of para-hydroxylation sites is 2. The molecular weight excluding hydrogens is 518 g/mol. The van der Waals surface area contributed by atoms with Crippen LogP contribution in [0.3, 0.4) is 0 Å². The lowest BCUT2D eigenvalue weighted by atomic mass is 9.98. The van der Waals surface area contributed by atoms with E-state index in [1.807, 2.05) is 23.5 Å². The third-order valence-corrected chi connectivity index (χ3v) is 9.27. The van der Waals surface area contributed by atoms with Gasteiger partial charge in [-0.2, -0.15) is 0 Å². The molecule has 3 aromatic heterocycles. The van der Waals surface area contributed by atoms with E-state index in [0.29, 0.717) is 5.82 Å². The van der Waals surface area contributed by atoms with Crippen LogP contribution in [0.25, 0.3) is 86.3 Å². The predicted octanol–water partition coefficient (Wildman–Crippen LogP) is 10.2. The summed E-state index contributed by atoms with van der Waals surface area (Å²) in [6, 6.07) is 44.7. The Bertz CT molecular complexity index is 2490. The van der Waals surface area contributed by atoms with Crippen molar-refractivity contribution < 1.29 is 0 Å². The first-order chi connectivity index (χ1) is 20.3. The molecule has 0 bridgehead atoms. The molecule has 0 N–H and O–H groups in total. The van der Waals surface area contributed by atoms with Crippen molar-refractivity contribution in [2.45, 2.75) is 0 Å². The molecule has 9 aromatic rings. The topological polar surface area (TPSA) is 38.7 Å². The zero-order chi connectivity index (χ0) is 26.9. The fraction of sp³-hybridized carbons (Fsp3) is 0. The average molecular weight is 540 g/mol. The molecule has 0 saturated heterocycles. The number of fused-ring (bicyclic) bond motifs is 9. The van der Waals surface area contributed by atoms with Crippen LogP contribution in [0.1, 0.15) is 0 Å². The van der Waals surface area contributed by atoms with Crippen molar-refractivity contribution in [2.75, 3.05) is 0 Å². The van der Waals surface area contributed by atoms with Crippen molar-refractivity contribution in [1.29, 1.82) is 0 Å². The third kappa shape index (κ3) is 3.35. The molecule has 0 atom stereocenters. The van der Waals surface area contributed by atoms with E-state index in [0.717, 1.165) is 44.1 Å². The number of pyridine rings is 1. The Balaban J connectivity index is 1.45. The first-order valence-electron chi connectivity index (χ1n) is 13.7. The van der Waals surface area contributed by atoms with Gasteiger partial charge < -0.3 is 0 Å². The van der Waals surface area contributed by atoms with Crippen LogP contribution in [-0.2, 0) is 0 Å². The zero-order valence-corrected chi connectivity index (χ0v) is 22.7. The van der Waals surface area contributed by atoms with Gasteiger partial charge in [0.1, 0.15) is 5.69 Å². The van der Waals surface area contributed by atoms with Gasteiger partial charge in [-0.25, -0.2) is 15.0 Å². The van der Waals surface area contributed by atoms with E-state index >= 15 is 0 Å². The molecule has 3 nitrogen and oxygen atoms in total. The quantitative estimate of drug-likeness (QED) is 0.205. The second kappa shape index (κ2) is 8.65. The highest BCUT2D eigenvalue weighted by atomic mass is 32.1. The summed E-state index contributed by atoms with van der Waals surface area (Å²) >= 11 is 1.82. The number of nitrogens with zero attached hydrogens (tertiary/aromatic N) is 3. The summed E-state index contributed by atoms with van der Waals surface area (Å²) in [5, 5.41) is 9.33. The van der Waals surface area contributed by atoms with Crippen molar-refractivity contribution in [3.63, 3.8) is 0 Å². The molecule has 0 amide bonds. The summed E-state index contributed by atoms with van der Waals surface area (Å²) < 4.78 is 2.49. The van der Waals surface area contributed by atoms with Gasteiger partial charge in [0.25, 0.3) is 0 Å². The van der Waals surface area contributed by atoms with Crippen LogP contribution in [0.2, 0.25) is 0 Å². The van der Waals surface area contributed by atoms with E-state index in [4.69, 9.17) is 15.0 Å². The first-order valence-corrected chi connectivity index (χ1v) is 14.5. The smallest absolute Gasteiger partial charge is 0.180 e. The van der Waals surface area contributed by atoms with Gasteiger partial charge in [-0.1, -0.05) is 109 Å². The first kappa shape index (κ1) is 22.6. The summed E-state index contributed by atoms with van der Waals surface area (Å²) in [5.41, 5.74) is 4.70. The summed E-state index contributed by atoms with van der Waals surface area (Å²) in [7, 11) is 0. The standard InChI is InChI=1S/C37H21N3S/c1-2-12-23-22(10-1)11-9-16-27(23)34-29-15-4-7-18-31(29)39-37(40-34)35-33-26(24-13-3-6-17-30(24)38-35)20-21-28-25-14-5-8-19-32(25)41-36(28)33/h1-21H. The van der Waals surface area contributed by atoms with Crippen molar-refractivity contribution in [2.24, 2.45) is 0 Å². The van der Waals surface area contributed by atoms with E-state index in [1.165, 1.54) is 36.3 Å². The summed E-state index contributed by atoms with van der Waals surface area (Å²) in [5.74, 6) is 0.646. The summed E-state index contributed by atoms with van der Waals surface area (Å²) in [6.07, 6.45) is 0. The Hall–Kier alpha value is -5.19. The minimum absolute atomic E-state index is 0.646. The molecule has 9 rings (SSSR count). The minimum Gasteiger partial charge on any atom is -0.244 e. The van der Waals surface area contributed by atoms with E-state index in [-0.39, 0.29) is 0 Å². The number of benzene rings is 6. The van der Waals surface area contributed by atoms with Crippen LogP contribution in [0.5, 0.6) is 0 Å². The highest BCUT2D eigenvalue weighted by Crippen LogP contribution is 2.43. The van der Waals surface area contributed by atoms with Crippen LogP contribution < -0.4 is 0 Å². The lowest BCUT2D eigenvalue weighted by Gasteiger charge is -2.14. The maximum atomic E-state index is 5.34. The zero-order valence-electron chi connectivity index (χ0n) is 21.9. The molecule has 6 aromatic carbocycles. The molecule has 0 saturated carbocycles. The third-order valence-electron chi connectivity index (χ3n) is 8.07. The monoisotopic (exact) mass is 539 g/mol. The number of thiophene rings is 1. The van der Waals surface area contributed by atoms with E-state index in [1.54, 1.807) is 0 Å². The van der Waals surface area contributed by atoms with Crippen LogP contribution in [0, 0.1) is 0 Å². The number of aromatic nitrogens is 3. The average Bonchev–Trinajstić information content (AvgIpc) is 3.42. The molecule has 0 aliphatic carbocycles. The lowest BCUT2D eigenvalue weighted by Crippen LogP contribution is -1.99. The Kier molecular flexibility index (Phi) is 4.77. The Morgan fingerprint density at radius 1 is 0.415 bits per heavy atom. The van der Waals surface area contributed by atoms with Gasteiger partial charge in [0, 0.05) is 41.9 Å². The Labute approximate surface area is 239 Å². The molecular formula is C37H21N3S. The van der Waals surface area contributed by atoms with Crippen LogP contribution >= 0.6 is 11.3 Å². The SMILES string of the molecule is c1ccc2c(-c3nc(-c4nc5ccccc5c5ccc6c7ccccc7sc6c45)nc4ccccc34)cccc2c1. The van der Waals surface area contributed by atoms with Crippen molar-refractivity contribution in [3.05, 3.63) is 127 Å². The molecule has 0 unspecified atom stereocenters. The van der Waals surface area contributed by atoms with Gasteiger partial charge in [-0.05, 0) is 34.4 Å². The minimum atomic E-state index is 0.646. The lowest BCUT2D eigenvalue weighted by molar-refractivity contribution is 1.21. The molecule has 41 heavy (non-hydrogen) atoms. The Morgan fingerprint density at radius 2 is 1.07 bits per heavy atom. The molecule has 0 radical (unpaired) electrons. The molecule has 4 heteroatoms. The van der Waals surface area contributed by atoms with E-state index < -0.39 is 0 Å². The second-order valence-electron chi connectivity index (χ2n) is 10.4. The maximum Gasteiger partial charge on any atom is 0.180 e. The molecule has 0 aliphatic rings. The molecule has 3 heterocycles. The summed E-state index contributed by atoms with van der Waals surface area (Å²) in [4.78, 5) is 15.8. The maximum absolute atomic E-state index is 5.34. The fourth-order valence-electron chi connectivity index (χ4n) is 6.21. The van der Waals surface area contributed by atoms with Crippen molar-refractivity contribution in [3.8, 4) is 22.8 Å². The van der Waals surface area contributed by atoms with Gasteiger partial charge >= 0.3 is 0 Å². The van der Waals surface area contributed by atoms with Gasteiger partial charge in [-0.3, -0.25) is 0 Å². The van der Waals surface area contributed by atoms with E-state index in [9.17, 15) is 0 Å². The molecule has 0 fully saturated rings.